The van der Waals surface area contributed by atoms with Crippen molar-refractivity contribution in [3.8, 4) is 33.8 Å². The van der Waals surface area contributed by atoms with E-state index < -0.39 is 8.07 Å². The maximum absolute atomic E-state index is 6.33. The van der Waals surface area contributed by atoms with Crippen LogP contribution in [0.5, 0.6) is 11.5 Å². The van der Waals surface area contributed by atoms with Crippen molar-refractivity contribution in [2.75, 3.05) is 9.80 Å². The van der Waals surface area contributed by atoms with Gasteiger partial charge in [-0.3, -0.25) is 0 Å². The topological polar surface area (TPSA) is 15.7 Å². The highest BCUT2D eigenvalue weighted by Crippen LogP contribution is 2.54. The number of fused-ring (bicyclic) bond motifs is 10. The number of nitrogens with zero attached hydrogens (tertiary/aromatic N) is 2. The van der Waals surface area contributed by atoms with Gasteiger partial charge < -0.3 is 14.5 Å². The Balaban J connectivity index is 0.795. The van der Waals surface area contributed by atoms with Crippen LogP contribution in [-0.4, -0.2) is 8.07 Å². The van der Waals surface area contributed by atoms with E-state index in [0.29, 0.717) is 0 Å². The van der Waals surface area contributed by atoms with E-state index in [-0.39, 0.29) is 5.41 Å². The standard InChI is InChI=1S/C61H48N2OSi/c1-61(2)50-39-42(29-33-47(50)48-34-32-44(40-51(48)61)62-53-17-5-9-21-57(53)64-58-22-10-6-18-54(58)62)26-25-41-27-30-43(31-28-41)45-35-36-52(49-16-4-3-15-46(45)49)63-55-19-7-11-23-59(55)65(37-13-14-38-65)60-24-12-8-20-56(60)63/h3-12,15-36,39-40H,13-14,37-38H2,1-2H3. The number of hydrogen-bond donors (Lipinski definition) is 0. The molecule has 3 heterocycles. The SMILES string of the molecule is CC1(C)c2cc(C=Cc3ccc(-c4ccc(N5c6ccccc6[Si]6(CCCC6)c6ccccc65)c5ccccc45)cc3)ccc2-c2ccc(N3c4ccccc4Oc4ccccc43)cc21. The van der Waals surface area contributed by atoms with Crippen molar-refractivity contribution >= 4 is 75.5 Å². The second kappa shape index (κ2) is 14.6. The van der Waals surface area contributed by atoms with E-state index in [1.807, 2.05) is 24.3 Å². The number of rotatable bonds is 5. The number of benzene rings is 9. The Morgan fingerprint density at radius 1 is 0.446 bits per heavy atom. The van der Waals surface area contributed by atoms with Gasteiger partial charge in [0.05, 0.1) is 17.1 Å². The Kier molecular flexibility index (Phi) is 8.53. The summed E-state index contributed by atoms with van der Waals surface area (Å²) in [5, 5.41) is 5.77. The lowest BCUT2D eigenvalue weighted by Crippen LogP contribution is -2.60. The van der Waals surface area contributed by atoms with Crippen LogP contribution in [0.2, 0.25) is 12.1 Å². The van der Waals surface area contributed by atoms with Gasteiger partial charge in [-0.15, -0.1) is 0 Å². The van der Waals surface area contributed by atoms with Crippen LogP contribution in [0.1, 0.15) is 48.9 Å². The summed E-state index contributed by atoms with van der Waals surface area (Å²) < 4.78 is 6.33. The first-order valence-corrected chi connectivity index (χ1v) is 25.6. The van der Waals surface area contributed by atoms with Crippen molar-refractivity contribution in [2.24, 2.45) is 0 Å². The van der Waals surface area contributed by atoms with E-state index in [2.05, 4.69) is 206 Å². The van der Waals surface area contributed by atoms with Gasteiger partial charge in [0.2, 0.25) is 0 Å². The first-order chi connectivity index (χ1) is 32.0. The summed E-state index contributed by atoms with van der Waals surface area (Å²) in [7, 11) is -1.80. The molecule has 0 atom stereocenters. The first kappa shape index (κ1) is 38.1. The zero-order valence-corrected chi connectivity index (χ0v) is 37.8. The van der Waals surface area contributed by atoms with Crippen LogP contribution in [0.3, 0.4) is 0 Å². The van der Waals surface area contributed by atoms with Gasteiger partial charge >= 0.3 is 0 Å². The monoisotopic (exact) mass is 852 g/mol. The van der Waals surface area contributed by atoms with E-state index >= 15 is 0 Å². The molecule has 13 rings (SSSR count). The zero-order chi connectivity index (χ0) is 43.3. The summed E-state index contributed by atoms with van der Waals surface area (Å²) in [4.78, 5) is 4.91. The van der Waals surface area contributed by atoms with Crippen LogP contribution in [0.15, 0.2) is 194 Å². The summed E-state index contributed by atoms with van der Waals surface area (Å²) in [6, 6.07) is 74.7. The number of para-hydroxylation sites is 6. The molecule has 65 heavy (non-hydrogen) atoms. The Labute approximate surface area is 382 Å². The Morgan fingerprint density at radius 2 is 0.969 bits per heavy atom. The number of ether oxygens (including phenoxy) is 1. The fourth-order valence-corrected chi connectivity index (χ4v) is 17.4. The van der Waals surface area contributed by atoms with Crippen LogP contribution in [0.25, 0.3) is 45.2 Å². The van der Waals surface area contributed by atoms with Crippen molar-refractivity contribution in [1.29, 1.82) is 0 Å². The van der Waals surface area contributed by atoms with Gasteiger partial charge in [-0.2, -0.15) is 0 Å². The molecule has 3 nitrogen and oxygen atoms in total. The minimum Gasteiger partial charge on any atom is -0.453 e. The third kappa shape index (κ3) is 5.80. The molecule has 4 aliphatic rings. The van der Waals surface area contributed by atoms with Gasteiger partial charge in [0, 0.05) is 27.9 Å². The van der Waals surface area contributed by atoms with E-state index in [1.165, 1.54) is 97.3 Å². The van der Waals surface area contributed by atoms with Crippen LogP contribution in [-0.2, 0) is 5.41 Å². The lowest BCUT2D eigenvalue weighted by atomic mass is 9.81. The minimum atomic E-state index is -1.80. The molecule has 9 aromatic carbocycles. The molecule has 0 N–H and O–H groups in total. The smallest absolute Gasteiger partial charge is 0.151 e. The van der Waals surface area contributed by atoms with E-state index in [9.17, 15) is 0 Å². The van der Waals surface area contributed by atoms with Crippen molar-refractivity contribution in [3.63, 3.8) is 0 Å². The zero-order valence-electron chi connectivity index (χ0n) is 36.8. The predicted octanol–water partition coefficient (Wildman–Crippen LogP) is 15.7. The van der Waals surface area contributed by atoms with Crippen molar-refractivity contribution < 1.29 is 4.74 Å². The molecule has 0 amide bonds. The molecule has 0 aromatic heterocycles. The molecule has 4 heteroatoms. The molecule has 0 bridgehead atoms. The van der Waals surface area contributed by atoms with Crippen LogP contribution < -0.4 is 24.9 Å². The van der Waals surface area contributed by atoms with E-state index in [1.54, 1.807) is 10.4 Å². The predicted molar refractivity (Wildman–Crippen MR) is 276 cm³/mol. The molecule has 1 saturated heterocycles. The molecule has 0 unspecified atom stereocenters. The van der Waals surface area contributed by atoms with E-state index in [0.717, 1.165) is 28.6 Å². The maximum Gasteiger partial charge on any atom is 0.151 e. The largest absolute Gasteiger partial charge is 0.453 e. The average molecular weight is 853 g/mol. The fourth-order valence-electron chi connectivity index (χ4n) is 11.9. The summed E-state index contributed by atoms with van der Waals surface area (Å²) in [6.45, 7) is 4.73. The first-order valence-electron chi connectivity index (χ1n) is 23.2. The molecule has 0 radical (unpaired) electrons. The average Bonchev–Trinajstić information content (AvgIpc) is 3.93. The summed E-state index contributed by atoms with van der Waals surface area (Å²) >= 11 is 0. The molecule has 312 valence electrons. The van der Waals surface area contributed by atoms with Gasteiger partial charge in [0.1, 0.15) is 8.07 Å². The van der Waals surface area contributed by atoms with Gasteiger partial charge in [0.15, 0.2) is 11.5 Å². The summed E-state index contributed by atoms with van der Waals surface area (Å²) in [6.07, 6.45) is 7.19. The molecule has 1 aliphatic carbocycles. The highest BCUT2D eigenvalue weighted by atomic mass is 28.3. The maximum atomic E-state index is 6.33. The lowest BCUT2D eigenvalue weighted by Gasteiger charge is -2.43. The Bertz CT molecular complexity index is 3320. The molecule has 0 saturated carbocycles. The van der Waals surface area contributed by atoms with Gasteiger partial charge in [-0.1, -0.05) is 178 Å². The third-order valence-corrected chi connectivity index (χ3v) is 20.3. The minimum absolute atomic E-state index is 0.170. The Morgan fingerprint density at radius 3 is 1.65 bits per heavy atom. The highest BCUT2D eigenvalue weighted by molar-refractivity contribution is 7.05. The van der Waals surface area contributed by atoms with Gasteiger partial charge in [-0.25, -0.2) is 0 Å². The molecular formula is C61H48N2OSi. The van der Waals surface area contributed by atoms with Crippen LogP contribution in [0.4, 0.5) is 34.1 Å². The second-order valence-electron chi connectivity index (χ2n) is 18.8. The lowest BCUT2D eigenvalue weighted by molar-refractivity contribution is 0.477. The molecule has 9 aromatic rings. The Hall–Kier alpha value is -7.40. The molecule has 1 fully saturated rings. The van der Waals surface area contributed by atoms with Crippen molar-refractivity contribution in [2.45, 2.75) is 44.2 Å². The second-order valence-corrected chi connectivity index (χ2v) is 23.1. The van der Waals surface area contributed by atoms with Crippen molar-refractivity contribution in [3.05, 3.63) is 216 Å². The normalized spacial score (nSPS) is 15.8. The number of anilines is 6. The third-order valence-electron chi connectivity index (χ3n) is 15.0. The summed E-state index contributed by atoms with van der Waals surface area (Å²) in [5.74, 6) is 1.73. The molecule has 1 spiro atoms. The molecule has 3 aliphatic heterocycles. The summed E-state index contributed by atoms with van der Waals surface area (Å²) in [5.41, 5.74) is 17.3. The fraction of sp³-hybridized carbons (Fsp3) is 0.115. The van der Waals surface area contributed by atoms with Gasteiger partial charge in [-0.05, 0) is 127 Å². The van der Waals surface area contributed by atoms with Crippen LogP contribution in [0, 0.1) is 0 Å². The van der Waals surface area contributed by atoms with Crippen molar-refractivity contribution in [1.82, 2.24) is 0 Å². The highest BCUT2D eigenvalue weighted by Gasteiger charge is 2.47. The van der Waals surface area contributed by atoms with E-state index in [4.69, 9.17) is 4.74 Å². The van der Waals surface area contributed by atoms with Gasteiger partial charge in [0.25, 0.3) is 0 Å². The molecular weight excluding hydrogens is 805 g/mol. The number of hydrogen-bond acceptors (Lipinski definition) is 3. The quantitative estimate of drug-likeness (QED) is 0.127. The van der Waals surface area contributed by atoms with Crippen LogP contribution >= 0.6 is 0 Å².